The Balaban J connectivity index is 2.40. The van der Waals surface area contributed by atoms with Crippen LogP contribution in [-0.2, 0) is 5.75 Å². The molecule has 0 aliphatic heterocycles. The van der Waals surface area contributed by atoms with E-state index >= 15 is 0 Å². The third-order valence-corrected chi connectivity index (χ3v) is 5.47. The molecule has 0 spiro atoms. The van der Waals surface area contributed by atoms with E-state index in [4.69, 9.17) is 0 Å². The molecule has 120 valence electrons. The second kappa shape index (κ2) is 11.1. The minimum atomic E-state index is 1.16. The van der Waals surface area contributed by atoms with Crippen LogP contribution in [-0.4, -0.2) is 36.4 Å². The van der Waals surface area contributed by atoms with E-state index < -0.39 is 0 Å². The fraction of sp³-hybridized carbons (Fsp3) is 0.684. The average Bonchev–Trinajstić information content (AvgIpc) is 2.54. The standard InChI is InChI=1S/C19H34NS/c1-4-7-14-20(6-3,15-8-5-2)16-17-21-18-19-12-10-9-11-13-19/h9-13H,4-8,14-18H2,1-3H3/q+1. The molecule has 0 saturated heterocycles. The lowest BCUT2D eigenvalue weighted by atomic mass is 10.2. The summed E-state index contributed by atoms with van der Waals surface area (Å²) in [6, 6.07) is 10.9. The Morgan fingerprint density at radius 1 is 0.857 bits per heavy atom. The highest BCUT2D eigenvalue weighted by Gasteiger charge is 2.23. The summed E-state index contributed by atoms with van der Waals surface area (Å²) in [6.45, 7) is 12.4. The van der Waals surface area contributed by atoms with Crippen molar-refractivity contribution in [2.75, 3.05) is 31.9 Å². The van der Waals surface area contributed by atoms with Crippen molar-refractivity contribution in [3.05, 3.63) is 35.9 Å². The molecule has 1 nitrogen and oxygen atoms in total. The van der Waals surface area contributed by atoms with Gasteiger partial charge in [0.1, 0.15) is 0 Å². The maximum absolute atomic E-state index is 2.38. The maximum atomic E-state index is 2.38. The van der Waals surface area contributed by atoms with E-state index in [-0.39, 0.29) is 0 Å². The van der Waals surface area contributed by atoms with Crippen LogP contribution in [0.15, 0.2) is 30.3 Å². The smallest absolute Gasteiger partial charge is 0.0878 e. The summed E-state index contributed by atoms with van der Waals surface area (Å²) in [4.78, 5) is 0. The van der Waals surface area contributed by atoms with Crippen molar-refractivity contribution in [3.63, 3.8) is 0 Å². The Labute approximate surface area is 136 Å². The number of thioether (sulfide) groups is 1. The molecule has 0 atom stereocenters. The first-order chi connectivity index (χ1) is 10.3. The van der Waals surface area contributed by atoms with Gasteiger partial charge in [-0.05, 0) is 25.3 Å². The van der Waals surface area contributed by atoms with Gasteiger partial charge in [-0.2, -0.15) is 11.8 Å². The fourth-order valence-corrected chi connectivity index (χ4v) is 3.91. The Hall–Kier alpha value is -0.470. The van der Waals surface area contributed by atoms with Crippen molar-refractivity contribution in [1.82, 2.24) is 0 Å². The lowest BCUT2D eigenvalue weighted by Crippen LogP contribution is -2.50. The average molecular weight is 309 g/mol. The third-order valence-electron chi connectivity index (χ3n) is 4.46. The number of nitrogens with zero attached hydrogens (tertiary/aromatic N) is 1. The van der Waals surface area contributed by atoms with Gasteiger partial charge in [-0.25, -0.2) is 0 Å². The molecular formula is C19H34NS+. The summed E-state index contributed by atoms with van der Waals surface area (Å²) in [7, 11) is 0. The van der Waals surface area contributed by atoms with Gasteiger partial charge in [-0.15, -0.1) is 0 Å². The van der Waals surface area contributed by atoms with Gasteiger partial charge in [0.05, 0.1) is 26.2 Å². The first kappa shape index (κ1) is 18.6. The number of unbranched alkanes of at least 4 members (excludes halogenated alkanes) is 2. The second-order valence-electron chi connectivity index (χ2n) is 6.07. The van der Waals surface area contributed by atoms with Crippen LogP contribution in [0.1, 0.15) is 52.0 Å². The monoisotopic (exact) mass is 308 g/mol. The molecule has 0 N–H and O–H groups in total. The molecule has 0 bridgehead atoms. The van der Waals surface area contributed by atoms with E-state index in [1.807, 2.05) is 0 Å². The lowest BCUT2D eigenvalue weighted by Gasteiger charge is -2.38. The fourth-order valence-electron chi connectivity index (χ4n) is 2.82. The molecule has 0 unspecified atom stereocenters. The Bertz CT molecular complexity index is 342. The van der Waals surface area contributed by atoms with Gasteiger partial charge < -0.3 is 4.48 Å². The van der Waals surface area contributed by atoms with Gasteiger partial charge in [0.15, 0.2) is 0 Å². The highest BCUT2D eigenvalue weighted by Crippen LogP contribution is 2.17. The Morgan fingerprint density at radius 2 is 1.48 bits per heavy atom. The molecule has 1 aromatic rings. The van der Waals surface area contributed by atoms with Crippen molar-refractivity contribution >= 4 is 11.8 Å². The van der Waals surface area contributed by atoms with Gasteiger partial charge in [0, 0.05) is 11.5 Å². The van der Waals surface area contributed by atoms with Crippen LogP contribution >= 0.6 is 11.8 Å². The number of rotatable bonds is 12. The van der Waals surface area contributed by atoms with Crippen molar-refractivity contribution in [2.45, 2.75) is 52.2 Å². The molecular weight excluding hydrogens is 274 g/mol. The molecule has 1 rings (SSSR count). The van der Waals surface area contributed by atoms with Gasteiger partial charge in [-0.1, -0.05) is 57.0 Å². The molecule has 2 heteroatoms. The number of quaternary nitrogens is 1. The molecule has 1 aromatic carbocycles. The van der Waals surface area contributed by atoms with Crippen molar-refractivity contribution in [3.8, 4) is 0 Å². The normalized spacial score (nSPS) is 11.8. The van der Waals surface area contributed by atoms with Gasteiger partial charge in [0.25, 0.3) is 0 Å². The van der Waals surface area contributed by atoms with Gasteiger partial charge in [0.2, 0.25) is 0 Å². The summed E-state index contributed by atoms with van der Waals surface area (Å²) in [5, 5.41) is 0. The largest absolute Gasteiger partial charge is 0.323 e. The second-order valence-corrected chi connectivity index (χ2v) is 7.18. The van der Waals surface area contributed by atoms with E-state index in [9.17, 15) is 0 Å². The van der Waals surface area contributed by atoms with Crippen molar-refractivity contribution in [1.29, 1.82) is 0 Å². The van der Waals surface area contributed by atoms with Crippen LogP contribution in [0.3, 0.4) is 0 Å². The Morgan fingerprint density at radius 3 is 2.00 bits per heavy atom. The van der Waals surface area contributed by atoms with E-state index in [0.29, 0.717) is 0 Å². The maximum Gasteiger partial charge on any atom is 0.0878 e. The predicted molar refractivity (Wildman–Crippen MR) is 97.8 cm³/mol. The van der Waals surface area contributed by atoms with Crippen LogP contribution in [0.5, 0.6) is 0 Å². The number of hydrogen-bond acceptors (Lipinski definition) is 1. The van der Waals surface area contributed by atoms with E-state index in [1.54, 1.807) is 0 Å². The number of benzene rings is 1. The van der Waals surface area contributed by atoms with Crippen LogP contribution < -0.4 is 0 Å². The predicted octanol–water partition coefficient (Wildman–Crippen LogP) is 5.36. The highest BCUT2D eigenvalue weighted by atomic mass is 32.2. The molecule has 0 aliphatic rings. The minimum absolute atomic E-state index is 1.16. The van der Waals surface area contributed by atoms with E-state index in [2.05, 4.69) is 62.9 Å². The zero-order valence-corrected chi connectivity index (χ0v) is 15.1. The molecule has 0 fully saturated rings. The summed E-state index contributed by atoms with van der Waals surface area (Å²) in [5.74, 6) is 2.45. The van der Waals surface area contributed by atoms with E-state index in [1.165, 1.54) is 67.7 Å². The van der Waals surface area contributed by atoms with E-state index in [0.717, 1.165) is 5.75 Å². The molecule has 0 saturated carbocycles. The highest BCUT2D eigenvalue weighted by molar-refractivity contribution is 7.98. The van der Waals surface area contributed by atoms with Crippen LogP contribution in [0.2, 0.25) is 0 Å². The van der Waals surface area contributed by atoms with Crippen LogP contribution in [0.25, 0.3) is 0 Å². The quantitative estimate of drug-likeness (QED) is 0.370. The van der Waals surface area contributed by atoms with Gasteiger partial charge in [-0.3, -0.25) is 0 Å². The minimum Gasteiger partial charge on any atom is -0.323 e. The summed E-state index contributed by atoms with van der Waals surface area (Å²) >= 11 is 2.10. The van der Waals surface area contributed by atoms with Gasteiger partial charge >= 0.3 is 0 Å². The zero-order valence-electron chi connectivity index (χ0n) is 14.3. The Kier molecular flexibility index (Phi) is 9.86. The topological polar surface area (TPSA) is 0 Å². The molecule has 0 amide bonds. The van der Waals surface area contributed by atoms with Crippen molar-refractivity contribution in [2.24, 2.45) is 0 Å². The summed E-state index contributed by atoms with van der Waals surface area (Å²) in [6.07, 6.45) is 5.40. The third kappa shape index (κ3) is 7.37. The first-order valence-electron chi connectivity index (χ1n) is 8.73. The first-order valence-corrected chi connectivity index (χ1v) is 9.88. The lowest BCUT2D eigenvalue weighted by molar-refractivity contribution is -0.924. The van der Waals surface area contributed by atoms with Crippen molar-refractivity contribution < 1.29 is 4.48 Å². The van der Waals surface area contributed by atoms with Crippen LogP contribution in [0, 0.1) is 0 Å². The molecule has 0 radical (unpaired) electrons. The number of hydrogen-bond donors (Lipinski definition) is 0. The molecule has 0 aliphatic carbocycles. The summed E-state index contributed by atoms with van der Waals surface area (Å²) < 4.78 is 1.34. The SMILES string of the molecule is CCCC[N+](CC)(CCCC)CCSCc1ccccc1. The summed E-state index contributed by atoms with van der Waals surface area (Å²) in [5.41, 5.74) is 1.46. The molecule has 0 heterocycles. The molecule has 0 aromatic heterocycles. The zero-order chi connectivity index (χ0) is 15.4. The molecule has 21 heavy (non-hydrogen) atoms. The van der Waals surface area contributed by atoms with Crippen LogP contribution in [0.4, 0.5) is 0 Å².